The number of benzene rings is 1. The summed E-state index contributed by atoms with van der Waals surface area (Å²) in [7, 11) is 3.39. The van der Waals surface area contributed by atoms with Crippen molar-refractivity contribution in [2.24, 2.45) is 0 Å². The Kier molecular flexibility index (Phi) is 4.11. The monoisotopic (exact) mass is 297 g/mol. The standard InChI is InChI=1S/C11H8BrNS2/c12-9-4-6-10(7-5-9)14-15-11-3-1-2-8-13-11/h1-8H. The number of hydrogen-bond acceptors (Lipinski definition) is 3. The summed E-state index contributed by atoms with van der Waals surface area (Å²) in [5.41, 5.74) is 0. The first-order valence-corrected chi connectivity index (χ1v) is 7.30. The molecule has 0 bridgehead atoms. The van der Waals surface area contributed by atoms with Crippen molar-refractivity contribution in [2.45, 2.75) is 9.92 Å². The van der Waals surface area contributed by atoms with E-state index < -0.39 is 0 Å². The van der Waals surface area contributed by atoms with Gasteiger partial charge in [-0.25, -0.2) is 4.98 Å². The van der Waals surface area contributed by atoms with Crippen LogP contribution >= 0.6 is 37.5 Å². The molecule has 1 aromatic carbocycles. The van der Waals surface area contributed by atoms with E-state index in [1.165, 1.54) is 4.90 Å². The maximum atomic E-state index is 4.24. The van der Waals surface area contributed by atoms with E-state index >= 15 is 0 Å². The summed E-state index contributed by atoms with van der Waals surface area (Å²) in [5, 5.41) is 1.03. The van der Waals surface area contributed by atoms with Gasteiger partial charge in [0.1, 0.15) is 5.03 Å². The van der Waals surface area contributed by atoms with Crippen LogP contribution in [0.3, 0.4) is 0 Å². The van der Waals surface area contributed by atoms with Crippen LogP contribution in [0.25, 0.3) is 0 Å². The van der Waals surface area contributed by atoms with Crippen molar-refractivity contribution in [1.82, 2.24) is 4.98 Å². The van der Waals surface area contributed by atoms with Crippen LogP contribution in [0.1, 0.15) is 0 Å². The van der Waals surface area contributed by atoms with Crippen LogP contribution in [0.5, 0.6) is 0 Å². The van der Waals surface area contributed by atoms with Gasteiger partial charge in [0.05, 0.1) is 0 Å². The fraction of sp³-hybridized carbons (Fsp3) is 0. The lowest BCUT2D eigenvalue weighted by molar-refractivity contribution is 1.14. The Balaban J connectivity index is 1.96. The summed E-state index contributed by atoms with van der Waals surface area (Å²) in [6.45, 7) is 0. The van der Waals surface area contributed by atoms with E-state index in [2.05, 4.69) is 33.0 Å². The Bertz CT molecular complexity index is 416. The van der Waals surface area contributed by atoms with Crippen LogP contribution in [0.15, 0.2) is 63.1 Å². The predicted octanol–water partition coefficient (Wildman–Crippen LogP) is 4.64. The molecule has 2 aromatic rings. The summed E-state index contributed by atoms with van der Waals surface area (Å²) in [6, 6.07) is 14.2. The molecule has 0 fully saturated rings. The first-order valence-electron chi connectivity index (χ1n) is 4.36. The van der Waals surface area contributed by atoms with E-state index in [0.717, 1.165) is 9.50 Å². The number of nitrogens with zero attached hydrogens (tertiary/aromatic N) is 1. The van der Waals surface area contributed by atoms with Gasteiger partial charge in [-0.1, -0.05) is 32.8 Å². The van der Waals surface area contributed by atoms with Crippen molar-refractivity contribution in [3.63, 3.8) is 0 Å². The molecule has 1 heterocycles. The molecular formula is C11H8BrNS2. The molecule has 0 N–H and O–H groups in total. The minimum atomic E-state index is 1.03. The predicted molar refractivity (Wildman–Crippen MR) is 70.1 cm³/mol. The van der Waals surface area contributed by atoms with Crippen molar-refractivity contribution in [3.05, 3.63) is 53.1 Å². The third-order valence-corrected chi connectivity index (χ3v) is 4.50. The van der Waals surface area contributed by atoms with Crippen LogP contribution < -0.4 is 0 Å². The lowest BCUT2D eigenvalue weighted by Gasteiger charge is -1.99. The van der Waals surface area contributed by atoms with Gasteiger partial charge in [-0.15, -0.1) is 0 Å². The normalized spacial score (nSPS) is 10.2. The maximum Gasteiger partial charge on any atom is 0.107 e. The first-order chi connectivity index (χ1) is 7.34. The van der Waals surface area contributed by atoms with Gasteiger partial charge in [-0.2, -0.15) is 0 Å². The first kappa shape index (κ1) is 11.0. The fourth-order valence-electron chi connectivity index (χ4n) is 0.977. The third-order valence-electron chi connectivity index (χ3n) is 1.67. The van der Waals surface area contributed by atoms with Crippen molar-refractivity contribution < 1.29 is 0 Å². The molecule has 0 aliphatic rings. The van der Waals surface area contributed by atoms with Crippen LogP contribution in [0, 0.1) is 0 Å². The van der Waals surface area contributed by atoms with Crippen molar-refractivity contribution in [1.29, 1.82) is 0 Å². The number of rotatable bonds is 3. The molecule has 0 radical (unpaired) electrons. The number of pyridine rings is 1. The lowest BCUT2D eigenvalue weighted by Crippen LogP contribution is -1.73. The van der Waals surface area contributed by atoms with Crippen molar-refractivity contribution >= 4 is 37.5 Å². The zero-order valence-corrected chi connectivity index (χ0v) is 11.0. The highest BCUT2D eigenvalue weighted by Crippen LogP contribution is 2.36. The molecule has 2 rings (SSSR count). The Hall–Kier alpha value is -0.450. The van der Waals surface area contributed by atoms with Crippen LogP contribution in [-0.2, 0) is 0 Å². The Morgan fingerprint density at radius 3 is 2.40 bits per heavy atom. The Morgan fingerprint density at radius 2 is 1.73 bits per heavy atom. The highest BCUT2D eigenvalue weighted by atomic mass is 79.9. The molecule has 15 heavy (non-hydrogen) atoms. The number of aromatic nitrogens is 1. The van der Waals surface area contributed by atoms with E-state index in [1.54, 1.807) is 21.6 Å². The minimum Gasteiger partial charge on any atom is -0.249 e. The topological polar surface area (TPSA) is 12.9 Å². The quantitative estimate of drug-likeness (QED) is 0.766. The highest BCUT2D eigenvalue weighted by molar-refractivity contribution is 9.10. The smallest absolute Gasteiger partial charge is 0.107 e. The van der Waals surface area contributed by atoms with Crippen LogP contribution in [-0.4, -0.2) is 4.98 Å². The SMILES string of the molecule is Brc1ccc(SSc2ccccn2)cc1. The molecule has 1 nitrogen and oxygen atoms in total. The lowest BCUT2D eigenvalue weighted by atomic mass is 10.4. The van der Waals surface area contributed by atoms with Gasteiger partial charge in [0.15, 0.2) is 0 Å². The average molecular weight is 298 g/mol. The molecule has 0 saturated carbocycles. The van der Waals surface area contributed by atoms with Crippen LogP contribution in [0.4, 0.5) is 0 Å². The van der Waals surface area contributed by atoms with Gasteiger partial charge >= 0.3 is 0 Å². The highest BCUT2D eigenvalue weighted by Gasteiger charge is 1.97. The maximum absolute atomic E-state index is 4.24. The van der Waals surface area contributed by atoms with Gasteiger partial charge in [0.25, 0.3) is 0 Å². The molecule has 0 aliphatic heterocycles. The molecule has 76 valence electrons. The van der Waals surface area contributed by atoms with Gasteiger partial charge in [-0.05, 0) is 47.2 Å². The van der Waals surface area contributed by atoms with E-state index in [4.69, 9.17) is 0 Å². The molecule has 0 aliphatic carbocycles. The number of halogens is 1. The molecule has 4 heteroatoms. The van der Waals surface area contributed by atoms with E-state index in [0.29, 0.717) is 0 Å². The minimum absolute atomic E-state index is 1.03. The molecular weight excluding hydrogens is 290 g/mol. The second-order valence-electron chi connectivity index (χ2n) is 2.79. The molecule has 0 unspecified atom stereocenters. The number of hydrogen-bond donors (Lipinski definition) is 0. The van der Waals surface area contributed by atoms with Gasteiger partial charge < -0.3 is 0 Å². The van der Waals surface area contributed by atoms with Crippen molar-refractivity contribution in [2.75, 3.05) is 0 Å². The van der Waals surface area contributed by atoms with Crippen molar-refractivity contribution in [3.8, 4) is 0 Å². The zero-order valence-electron chi connectivity index (χ0n) is 7.76. The summed E-state index contributed by atoms with van der Waals surface area (Å²) >= 11 is 3.41. The molecule has 0 atom stereocenters. The largest absolute Gasteiger partial charge is 0.249 e. The van der Waals surface area contributed by atoms with E-state index in [9.17, 15) is 0 Å². The molecule has 0 saturated heterocycles. The molecule has 1 aromatic heterocycles. The molecule has 0 amide bonds. The summed E-state index contributed by atoms with van der Waals surface area (Å²) in [5.74, 6) is 0. The van der Waals surface area contributed by atoms with Crippen LogP contribution in [0.2, 0.25) is 0 Å². The second-order valence-corrected chi connectivity index (χ2v) is 5.93. The van der Waals surface area contributed by atoms with Gasteiger partial charge in [-0.3, -0.25) is 0 Å². The van der Waals surface area contributed by atoms with E-state index in [-0.39, 0.29) is 0 Å². The fourth-order valence-corrected chi connectivity index (χ4v) is 3.08. The Labute approximate surface area is 105 Å². The summed E-state index contributed by atoms with van der Waals surface area (Å²) in [6.07, 6.45) is 1.81. The zero-order chi connectivity index (χ0) is 10.5. The molecule has 0 spiro atoms. The average Bonchev–Trinajstić information content (AvgIpc) is 2.30. The van der Waals surface area contributed by atoms with Gasteiger partial charge in [0, 0.05) is 15.6 Å². The second kappa shape index (κ2) is 5.58. The van der Waals surface area contributed by atoms with Gasteiger partial charge in [0.2, 0.25) is 0 Å². The third kappa shape index (κ3) is 3.55. The summed E-state index contributed by atoms with van der Waals surface area (Å²) in [4.78, 5) is 5.47. The Morgan fingerprint density at radius 1 is 0.933 bits per heavy atom. The van der Waals surface area contributed by atoms with E-state index in [1.807, 2.05) is 36.5 Å². The summed E-state index contributed by atoms with van der Waals surface area (Å²) < 4.78 is 1.11.